The van der Waals surface area contributed by atoms with E-state index in [-0.39, 0.29) is 5.82 Å². The van der Waals surface area contributed by atoms with Gasteiger partial charge in [-0.1, -0.05) is 31.9 Å². The monoisotopic (exact) mass is 279 g/mol. The molecule has 0 aliphatic heterocycles. The van der Waals surface area contributed by atoms with E-state index in [2.05, 4.69) is 12.2 Å². The van der Waals surface area contributed by atoms with Gasteiger partial charge in [-0.25, -0.2) is 4.39 Å². The van der Waals surface area contributed by atoms with Crippen LogP contribution in [0.5, 0.6) is 5.75 Å². The van der Waals surface area contributed by atoms with Gasteiger partial charge >= 0.3 is 0 Å². The maximum atomic E-state index is 14.2. The third-order valence-corrected chi connectivity index (χ3v) is 4.80. The molecule has 20 heavy (non-hydrogen) atoms. The maximum Gasteiger partial charge on any atom is 0.168 e. The molecule has 0 saturated heterocycles. The predicted octanol–water partition coefficient (Wildman–Crippen LogP) is 3.79. The summed E-state index contributed by atoms with van der Waals surface area (Å²) < 4.78 is 19.3. The van der Waals surface area contributed by atoms with Crippen LogP contribution in [0.3, 0.4) is 0 Å². The van der Waals surface area contributed by atoms with Crippen LogP contribution in [-0.2, 0) is 6.42 Å². The van der Waals surface area contributed by atoms with Crippen molar-refractivity contribution in [2.45, 2.75) is 45.1 Å². The second kappa shape index (κ2) is 7.07. The normalized spacial score (nSPS) is 23.8. The molecular formula is C17H26FNO. The van der Waals surface area contributed by atoms with Crippen molar-refractivity contribution in [1.82, 2.24) is 5.32 Å². The molecule has 1 aromatic rings. The van der Waals surface area contributed by atoms with Crippen molar-refractivity contribution in [3.05, 3.63) is 29.6 Å². The Kier molecular flexibility index (Phi) is 5.41. The first kappa shape index (κ1) is 15.3. The summed E-state index contributed by atoms with van der Waals surface area (Å²) in [5.74, 6) is 1.65. The van der Waals surface area contributed by atoms with Gasteiger partial charge in [0.1, 0.15) is 0 Å². The molecule has 1 aliphatic carbocycles. The molecule has 0 spiro atoms. The maximum absolute atomic E-state index is 14.2. The van der Waals surface area contributed by atoms with E-state index < -0.39 is 0 Å². The Morgan fingerprint density at radius 3 is 2.80 bits per heavy atom. The number of rotatable bonds is 6. The van der Waals surface area contributed by atoms with E-state index in [4.69, 9.17) is 4.74 Å². The van der Waals surface area contributed by atoms with E-state index in [1.54, 1.807) is 6.07 Å². The summed E-state index contributed by atoms with van der Waals surface area (Å²) in [6.45, 7) is 2.27. The number of hydrogen-bond acceptors (Lipinski definition) is 2. The second-order valence-corrected chi connectivity index (χ2v) is 5.88. The SMILES string of the molecule is CCC1CCC(C(Cc2cccc(OC)c2F)NC)C1. The average Bonchev–Trinajstić information content (AvgIpc) is 2.95. The van der Waals surface area contributed by atoms with E-state index in [1.165, 1.54) is 32.8 Å². The van der Waals surface area contributed by atoms with Gasteiger partial charge in [0.15, 0.2) is 11.6 Å². The van der Waals surface area contributed by atoms with Gasteiger partial charge in [-0.2, -0.15) is 0 Å². The molecule has 0 amide bonds. The molecule has 0 bridgehead atoms. The smallest absolute Gasteiger partial charge is 0.168 e. The van der Waals surface area contributed by atoms with Crippen molar-refractivity contribution in [3.8, 4) is 5.75 Å². The van der Waals surface area contributed by atoms with Crippen LogP contribution in [-0.4, -0.2) is 20.2 Å². The minimum Gasteiger partial charge on any atom is -0.494 e. The number of halogens is 1. The molecule has 1 aliphatic rings. The van der Waals surface area contributed by atoms with Gasteiger partial charge in [0.25, 0.3) is 0 Å². The van der Waals surface area contributed by atoms with Gasteiger partial charge in [-0.3, -0.25) is 0 Å². The molecule has 1 aromatic carbocycles. The molecule has 0 heterocycles. The van der Waals surface area contributed by atoms with Gasteiger partial charge in [-0.15, -0.1) is 0 Å². The lowest BCUT2D eigenvalue weighted by Gasteiger charge is -2.24. The summed E-state index contributed by atoms with van der Waals surface area (Å²) >= 11 is 0. The molecule has 3 unspecified atom stereocenters. The fourth-order valence-corrected chi connectivity index (χ4v) is 3.46. The number of ether oxygens (including phenoxy) is 1. The van der Waals surface area contributed by atoms with Crippen LogP contribution in [0, 0.1) is 17.7 Å². The number of methoxy groups -OCH3 is 1. The summed E-state index contributed by atoms with van der Waals surface area (Å²) in [5.41, 5.74) is 0.753. The Bertz CT molecular complexity index is 435. The van der Waals surface area contributed by atoms with Crippen LogP contribution in [0.2, 0.25) is 0 Å². The van der Waals surface area contributed by atoms with Crippen LogP contribution < -0.4 is 10.1 Å². The standard InChI is InChI=1S/C17H26FNO/c1-4-12-8-9-13(10-12)15(19-2)11-14-6-5-7-16(20-3)17(14)18/h5-7,12-13,15,19H,4,8-11H2,1-3H3. The van der Waals surface area contributed by atoms with E-state index >= 15 is 0 Å². The van der Waals surface area contributed by atoms with Gasteiger partial charge in [0.2, 0.25) is 0 Å². The van der Waals surface area contributed by atoms with Crippen molar-refractivity contribution >= 4 is 0 Å². The molecule has 3 heteroatoms. The van der Waals surface area contributed by atoms with Gasteiger partial charge in [0.05, 0.1) is 7.11 Å². The second-order valence-electron chi connectivity index (χ2n) is 5.88. The molecular weight excluding hydrogens is 253 g/mol. The Morgan fingerprint density at radius 1 is 1.40 bits per heavy atom. The van der Waals surface area contributed by atoms with E-state index in [0.29, 0.717) is 17.7 Å². The highest BCUT2D eigenvalue weighted by Gasteiger charge is 2.29. The van der Waals surface area contributed by atoms with Crippen LogP contribution in [0.15, 0.2) is 18.2 Å². The third-order valence-electron chi connectivity index (χ3n) is 4.80. The Morgan fingerprint density at radius 2 is 2.20 bits per heavy atom. The number of benzene rings is 1. The fraction of sp³-hybridized carbons (Fsp3) is 0.647. The number of likely N-dealkylation sites (N-methyl/N-ethyl adjacent to an activating group) is 1. The van der Waals surface area contributed by atoms with Crippen LogP contribution >= 0.6 is 0 Å². The van der Waals surface area contributed by atoms with Crippen molar-refractivity contribution in [2.75, 3.05) is 14.2 Å². The van der Waals surface area contributed by atoms with E-state index in [1.807, 2.05) is 19.2 Å². The van der Waals surface area contributed by atoms with Crippen molar-refractivity contribution in [1.29, 1.82) is 0 Å². The molecule has 1 saturated carbocycles. The quantitative estimate of drug-likeness (QED) is 0.855. The highest BCUT2D eigenvalue weighted by molar-refractivity contribution is 5.31. The largest absolute Gasteiger partial charge is 0.494 e. The molecule has 1 N–H and O–H groups in total. The van der Waals surface area contributed by atoms with E-state index in [9.17, 15) is 4.39 Å². The summed E-state index contributed by atoms with van der Waals surface area (Å²) in [6, 6.07) is 5.77. The highest BCUT2D eigenvalue weighted by Crippen LogP contribution is 2.36. The molecule has 2 nitrogen and oxygen atoms in total. The van der Waals surface area contributed by atoms with Crippen molar-refractivity contribution < 1.29 is 9.13 Å². The van der Waals surface area contributed by atoms with Crippen LogP contribution in [0.4, 0.5) is 4.39 Å². The van der Waals surface area contributed by atoms with Crippen LogP contribution in [0.25, 0.3) is 0 Å². The summed E-state index contributed by atoms with van der Waals surface area (Å²) in [7, 11) is 3.50. The molecule has 0 aromatic heterocycles. The lowest BCUT2D eigenvalue weighted by molar-refractivity contribution is 0.352. The molecule has 112 valence electrons. The summed E-state index contributed by atoms with van der Waals surface area (Å²) in [6.07, 6.45) is 5.85. The number of hydrogen-bond donors (Lipinski definition) is 1. The van der Waals surface area contributed by atoms with Gasteiger partial charge < -0.3 is 10.1 Å². The Labute approximate surface area is 121 Å². The zero-order valence-electron chi connectivity index (χ0n) is 12.8. The summed E-state index contributed by atoms with van der Waals surface area (Å²) in [5, 5.41) is 3.39. The first-order valence-electron chi connectivity index (χ1n) is 7.68. The van der Waals surface area contributed by atoms with E-state index in [0.717, 1.165) is 17.9 Å². The molecule has 3 atom stereocenters. The minimum atomic E-state index is -0.208. The van der Waals surface area contributed by atoms with Crippen molar-refractivity contribution in [2.24, 2.45) is 11.8 Å². The highest BCUT2D eigenvalue weighted by atomic mass is 19.1. The summed E-state index contributed by atoms with van der Waals surface area (Å²) in [4.78, 5) is 0. The first-order chi connectivity index (χ1) is 9.69. The predicted molar refractivity (Wildman–Crippen MR) is 80.6 cm³/mol. The minimum absolute atomic E-state index is 0.208. The lowest BCUT2D eigenvalue weighted by Crippen LogP contribution is -2.34. The molecule has 1 fully saturated rings. The zero-order valence-corrected chi connectivity index (χ0v) is 12.8. The number of nitrogens with one attached hydrogen (secondary N) is 1. The zero-order chi connectivity index (χ0) is 14.5. The lowest BCUT2D eigenvalue weighted by atomic mass is 9.91. The van der Waals surface area contributed by atoms with Gasteiger partial charge in [-0.05, 0) is 49.8 Å². The topological polar surface area (TPSA) is 21.3 Å². The fourth-order valence-electron chi connectivity index (χ4n) is 3.46. The van der Waals surface area contributed by atoms with Crippen molar-refractivity contribution in [3.63, 3.8) is 0 Å². The molecule has 0 radical (unpaired) electrons. The van der Waals surface area contributed by atoms with Gasteiger partial charge in [0, 0.05) is 6.04 Å². The Balaban J connectivity index is 2.07. The third kappa shape index (κ3) is 3.32. The molecule has 2 rings (SSSR count). The first-order valence-corrected chi connectivity index (χ1v) is 7.68. The van der Waals surface area contributed by atoms with Crippen LogP contribution in [0.1, 0.15) is 38.2 Å². The Hall–Kier alpha value is -1.09. The average molecular weight is 279 g/mol.